The van der Waals surface area contributed by atoms with Crippen molar-refractivity contribution < 1.29 is 13.9 Å². The highest BCUT2D eigenvalue weighted by atomic mass is 19.1. The van der Waals surface area contributed by atoms with Gasteiger partial charge >= 0.3 is 0 Å². The van der Waals surface area contributed by atoms with Gasteiger partial charge in [-0.25, -0.2) is 4.39 Å². The molecule has 0 radical (unpaired) electrons. The second kappa shape index (κ2) is 9.75. The number of ether oxygens (including phenoxy) is 1. The standard InChI is InChI=1S/C26H27FN2O2/c1-31-23-14-10-20(11-15-23)24-6-2-3-7-25(24)28-26(30)21-5-4-16-29(18-21)17-19-8-12-22(27)13-9-19/h2-3,6-15,21H,4-5,16-18H2,1H3,(H,28,30). The number of likely N-dealkylation sites (tertiary alicyclic amines) is 1. The molecule has 1 amide bonds. The van der Waals surface area contributed by atoms with Gasteiger partial charge in [0.15, 0.2) is 0 Å². The van der Waals surface area contributed by atoms with E-state index in [4.69, 9.17) is 4.74 Å². The first-order valence-electron chi connectivity index (χ1n) is 10.6. The maximum absolute atomic E-state index is 13.2. The Kier molecular flexibility index (Phi) is 6.63. The highest BCUT2D eigenvalue weighted by molar-refractivity contribution is 5.97. The molecule has 1 aliphatic heterocycles. The van der Waals surface area contributed by atoms with Crippen LogP contribution in [0.2, 0.25) is 0 Å². The average Bonchev–Trinajstić information content (AvgIpc) is 2.81. The molecular formula is C26H27FN2O2. The number of carbonyl (C=O) groups is 1. The lowest BCUT2D eigenvalue weighted by atomic mass is 9.96. The molecule has 1 atom stereocenters. The lowest BCUT2D eigenvalue weighted by molar-refractivity contribution is -0.121. The zero-order valence-electron chi connectivity index (χ0n) is 17.7. The Bertz CT molecular complexity index is 1020. The molecule has 1 unspecified atom stereocenters. The SMILES string of the molecule is COc1ccc(-c2ccccc2NC(=O)C2CCCN(Cc3ccc(F)cc3)C2)cc1. The van der Waals surface area contributed by atoms with Crippen LogP contribution in [0.25, 0.3) is 11.1 Å². The Labute approximate surface area is 182 Å². The molecule has 1 N–H and O–H groups in total. The number of amides is 1. The summed E-state index contributed by atoms with van der Waals surface area (Å²) in [6.45, 7) is 2.38. The van der Waals surface area contributed by atoms with Crippen molar-refractivity contribution in [2.75, 3.05) is 25.5 Å². The summed E-state index contributed by atoms with van der Waals surface area (Å²) in [6.07, 6.45) is 1.84. The van der Waals surface area contributed by atoms with Crippen LogP contribution in [0.5, 0.6) is 5.75 Å². The number of hydrogen-bond donors (Lipinski definition) is 1. The highest BCUT2D eigenvalue weighted by Gasteiger charge is 2.26. The number of nitrogens with zero attached hydrogens (tertiary/aromatic N) is 1. The number of hydrogen-bond acceptors (Lipinski definition) is 3. The molecule has 4 rings (SSSR count). The van der Waals surface area contributed by atoms with Gasteiger partial charge in [-0.2, -0.15) is 0 Å². The molecule has 0 aliphatic carbocycles. The average molecular weight is 419 g/mol. The zero-order valence-corrected chi connectivity index (χ0v) is 17.7. The van der Waals surface area contributed by atoms with Crippen molar-refractivity contribution >= 4 is 11.6 Å². The summed E-state index contributed by atoms with van der Waals surface area (Å²) in [4.78, 5) is 15.4. The van der Waals surface area contributed by atoms with Gasteiger partial charge in [0.1, 0.15) is 11.6 Å². The van der Waals surface area contributed by atoms with E-state index in [2.05, 4.69) is 10.2 Å². The number of piperidine rings is 1. The van der Waals surface area contributed by atoms with E-state index in [1.54, 1.807) is 7.11 Å². The predicted molar refractivity (Wildman–Crippen MR) is 121 cm³/mol. The van der Waals surface area contributed by atoms with E-state index in [-0.39, 0.29) is 17.6 Å². The van der Waals surface area contributed by atoms with Gasteiger partial charge in [-0.15, -0.1) is 0 Å². The summed E-state index contributed by atoms with van der Waals surface area (Å²) >= 11 is 0. The first-order valence-corrected chi connectivity index (χ1v) is 10.6. The second-order valence-corrected chi connectivity index (χ2v) is 7.96. The summed E-state index contributed by atoms with van der Waals surface area (Å²) in [5.74, 6) is 0.548. The number of benzene rings is 3. The first kappa shape index (κ1) is 21.1. The third-order valence-electron chi connectivity index (χ3n) is 5.78. The Balaban J connectivity index is 1.43. The Morgan fingerprint density at radius 3 is 2.55 bits per heavy atom. The fourth-order valence-corrected chi connectivity index (χ4v) is 4.11. The van der Waals surface area contributed by atoms with Crippen LogP contribution in [0, 0.1) is 11.7 Å². The summed E-state index contributed by atoms with van der Waals surface area (Å²) in [5.41, 5.74) is 3.89. The van der Waals surface area contributed by atoms with Crippen LogP contribution in [0.15, 0.2) is 72.8 Å². The van der Waals surface area contributed by atoms with Crippen molar-refractivity contribution in [1.29, 1.82) is 0 Å². The van der Waals surface area contributed by atoms with Crippen molar-refractivity contribution in [3.63, 3.8) is 0 Å². The van der Waals surface area contributed by atoms with E-state index in [0.29, 0.717) is 6.54 Å². The first-order chi connectivity index (χ1) is 15.1. The molecule has 1 heterocycles. The number of anilines is 1. The Hall–Kier alpha value is -3.18. The van der Waals surface area contributed by atoms with E-state index >= 15 is 0 Å². The lowest BCUT2D eigenvalue weighted by Crippen LogP contribution is -2.40. The van der Waals surface area contributed by atoms with Gasteiger partial charge in [0.2, 0.25) is 5.91 Å². The predicted octanol–water partition coefficient (Wildman–Crippen LogP) is 5.35. The minimum absolute atomic E-state index is 0.0461. The molecule has 160 valence electrons. The van der Waals surface area contributed by atoms with Gasteiger partial charge in [-0.05, 0) is 60.8 Å². The quantitative estimate of drug-likeness (QED) is 0.587. The molecule has 4 nitrogen and oxygen atoms in total. The summed E-state index contributed by atoms with van der Waals surface area (Å²) in [6, 6.07) is 22.3. The topological polar surface area (TPSA) is 41.6 Å². The van der Waals surface area contributed by atoms with Crippen LogP contribution in [0.1, 0.15) is 18.4 Å². The van der Waals surface area contributed by atoms with Gasteiger partial charge in [-0.3, -0.25) is 9.69 Å². The molecule has 3 aromatic carbocycles. The molecule has 5 heteroatoms. The van der Waals surface area contributed by atoms with Gasteiger partial charge in [0, 0.05) is 24.3 Å². The molecule has 0 aromatic heterocycles. The van der Waals surface area contributed by atoms with Crippen molar-refractivity contribution in [3.8, 4) is 16.9 Å². The minimum atomic E-state index is -0.227. The number of carbonyl (C=O) groups excluding carboxylic acids is 1. The van der Waals surface area contributed by atoms with Gasteiger partial charge in [0.05, 0.1) is 13.0 Å². The molecule has 3 aromatic rings. The van der Waals surface area contributed by atoms with Crippen LogP contribution in [0.3, 0.4) is 0 Å². The molecule has 1 saturated heterocycles. The van der Waals surface area contributed by atoms with Crippen LogP contribution in [-0.2, 0) is 11.3 Å². The number of rotatable bonds is 6. The summed E-state index contributed by atoms with van der Waals surface area (Å²) in [7, 11) is 1.65. The van der Waals surface area contributed by atoms with E-state index in [9.17, 15) is 9.18 Å². The van der Waals surface area contributed by atoms with Crippen molar-refractivity contribution in [2.45, 2.75) is 19.4 Å². The fourth-order valence-electron chi connectivity index (χ4n) is 4.11. The van der Waals surface area contributed by atoms with E-state index < -0.39 is 0 Å². The maximum atomic E-state index is 13.2. The molecule has 0 spiro atoms. The van der Waals surface area contributed by atoms with Crippen LogP contribution >= 0.6 is 0 Å². The summed E-state index contributed by atoms with van der Waals surface area (Å²) < 4.78 is 18.4. The third kappa shape index (κ3) is 5.30. The molecular weight excluding hydrogens is 391 g/mol. The second-order valence-electron chi connectivity index (χ2n) is 7.96. The van der Waals surface area contributed by atoms with E-state index in [1.807, 2.05) is 60.7 Å². The molecule has 1 fully saturated rings. The molecule has 1 aliphatic rings. The molecule has 0 saturated carbocycles. The van der Waals surface area contributed by atoms with E-state index in [0.717, 1.165) is 54.1 Å². The monoisotopic (exact) mass is 418 g/mol. The number of nitrogens with one attached hydrogen (secondary N) is 1. The number of halogens is 1. The van der Waals surface area contributed by atoms with Crippen molar-refractivity contribution in [2.24, 2.45) is 5.92 Å². The smallest absolute Gasteiger partial charge is 0.228 e. The highest BCUT2D eigenvalue weighted by Crippen LogP contribution is 2.30. The van der Waals surface area contributed by atoms with Crippen LogP contribution in [-0.4, -0.2) is 31.0 Å². The molecule has 31 heavy (non-hydrogen) atoms. The van der Waals surface area contributed by atoms with Crippen LogP contribution in [0.4, 0.5) is 10.1 Å². The van der Waals surface area contributed by atoms with Gasteiger partial charge in [-0.1, -0.05) is 42.5 Å². The normalized spacial score (nSPS) is 16.6. The van der Waals surface area contributed by atoms with Crippen molar-refractivity contribution in [3.05, 3.63) is 84.2 Å². The maximum Gasteiger partial charge on any atom is 0.228 e. The number of methoxy groups -OCH3 is 1. The van der Waals surface area contributed by atoms with Crippen molar-refractivity contribution in [1.82, 2.24) is 4.90 Å². The third-order valence-corrected chi connectivity index (χ3v) is 5.78. The lowest BCUT2D eigenvalue weighted by Gasteiger charge is -2.32. The molecule has 0 bridgehead atoms. The number of para-hydroxylation sites is 1. The summed E-state index contributed by atoms with van der Waals surface area (Å²) in [5, 5.41) is 3.15. The van der Waals surface area contributed by atoms with Crippen LogP contribution < -0.4 is 10.1 Å². The minimum Gasteiger partial charge on any atom is -0.497 e. The Morgan fingerprint density at radius 1 is 1.06 bits per heavy atom. The van der Waals surface area contributed by atoms with Gasteiger partial charge < -0.3 is 10.1 Å². The van der Waals surface area contributed by atoms with Gasteiger partial charge in [0.25, 0.3) is 0 Å². The zero-order chi connectivity index (χ0) is 21.6. The van der Waals surface area contributed by atoms with E-state index in [1.165, 1.54) is 12.1 Å². The fraction of sp³-hybridized carbons (Fsp3) is 0.269. The Morgan fingerprint density at radius 2 is 1.81 bits per heavy atom. The largest absolute Gasteiger partial charge is 0.497 e.